The summed E-state index contributed by atoms with van der Waals surface area (Å²) in [5.74, 6) is -2.07. The largest absolute Gasteiger partial charge is 0.444 e. The maximum atomic E-state index is 13.3. The highest BCUT2D eigenvalue weighted by molar-refractivity contribution is 5.95. The van der Waals surface area contributed by atoms with Crippen LogP contribution in [0.15, 0.2) is 84.9 Å². The summed E-state index contributed by atoms with van der Waals surface area (Å²) in [4.78, 5) is 27.7. The third-order valence-corrected chi connectivity index (χ3v) is 7.09. The van der Waals surface area contributed by atoms with E-state index >= 15 is 0 Å². The molecule has 0 unspecified atom stereocenters. The molecule has 0 aromatic heterocycles. The second-order valence-electron chi connectivity index (χ2n) is 9.45. The van der Waals surface area contributed by atoms with Crippen LogP contribution in [0.5, 0.6) is 0 Å². The molecule has 2 atom stereocenters. The van der Waals surface area contributed by atoms with Crippen LogP contribution in [0, 0.1) is 5.92 Å². The highest BCUT2D eigenvalue weighted by Gasteiger charge is 2.62. The Morgan fingerprint density at radius 3 is 2.06 bits per heavy atom. The van der Waals surface area contributed by atoms with Crippen molar-refractivity contribution in [2.24, 2.45) is 5.92 Å². The van der Waals surface area contributed by atoms with E-state index in [1.54, 1.807) is 0 Å². The van der Waals surface area contributed by atoms with Gasteiger partial charge in [0, 0.05) is 18.3 Å². The van der Waals surface area contributed by atoms with E-state index in [0.717, 1.165) is 27.2 Å². The summed E-state index contributed by atoms with van der Waals surface area (Å²) in [7, 11) is 0. The lowest BCUT2D eigenvalue weighted by Gasteiger charge is -2.50. The fourth-order valence-electron chi connectivity index (χ4n) is 5.22. The van der Waals surface area contributed by atoms with Gasteiger partial charge in [0.2, 0.25) is 5.91 Å². The number of ether oxygens (including phenoxy) is 4. The van der Waals surface area contributed by atoms with Crippen LogP contribution >= 0.6 is 0 Å². The number of likely N-dealkylation sites (tertiary alicyclic amines) is 1. The van der Waals surface area contributed by atoms with Crippen molar-refractivity contribution in [3.8, 4) is 11.1 Å². The van der Waals surface area contributed by atoms with Crippen LogP contribution in [0.4, 0.5) is 4.79 Å². The summed E-state index contributed by atoms with van der Waals surface area (Å²) in [6, 6.07) is 26.7. The number of hydrogen-bond acceptors (Lipinski definition) is 6. The van der Waals surface area contributed by atoms with E-state index in [0.29, 0.717) is 19.8 Å². The molecule has 0 aliphatic carbocycles. The van der Waals surface area contributed by atoms with E-state index in [1.807, 2.05) is 72.8 Å². The van der Waals surface area contributed by atoms with Gasteiger partial charge in [-0.25, -0.2) is 9.69 Å². The van der Waals surface area contributed by atoms with Crippen molar-refractivity contribution in [3.63, 3.8) is 0 Å². The van der Waals surface area contributed by atoms with Crippen LogP contribution in [0.25, 0.3) is 11.1 Å². The Morgan fingerprint density at radius 2 is 1.42 bits per heavy atom. The van der Waals surface area contributed by atoms with Crippen LogP contribution in [0.1, 0.15) is 23.5 Å². The molecule has 4 aliphatic rings. The van der Waals surface area contributed by atoms with E-state index in [9.17, 15) is 9.59 Å². The van der Waals surface area contributed by atoms with Crippen molar-refractivity contribution in [1.29, 1.82) is 0 Å². The van der Waals surface area contributed by atoms with Gasteiger partial charge in [0.25, 0.3) is 0 Å². The zero-order chi connectivity index (χ0) is 24.5. The molecule has 7 nitrogen and oxygen atoms in total. The first-order valence-corrected chi connectivity index (χ1v) is 12.2. The topological polar surface area (TPSA) is 74.3 Å². The Balaban J connectivity index is 1.30. The van der Waals surface area contributed by atoms with Crippen molar-refractivity contribution in [2.75, 3.05) is 19.8 Å². The van der Waals surface area contributed by atoms with Gasteiger partial charge >= 0.3 is 12.1 Å². The molecular formula is C29H27NO6. The molecule has 2 amide bonds. The zero-order valence-electron chi connectivity index (χ0n) is 19.7. The zero-order valence-corrected chi connectivity index (χ0v) is 19.7. The summed E-state index contributed by atoms with van der Waals surface area (Å²) < 4.78 is 23.7. The first-order chi connectivity index (χ1) is 17.6. The number of nitrogens with zero attached hydrogens (tertiary/aromatic N) is 1. The van der Waals surface area contributed by atoms with Crippen LogP contribution in [-0.4, -0.2) is 48.7 Å². The predicted molar refractivity (Wildman–Crippen MR) is 131 cm³/mol. The highest BCUT2D eigenvalue weighted by atomic mass is 16.9. The van der Waals surface area contributed by atoms with Crippen molar-refractivity contribution in [2.45, 2.75) is 31.0 Å². The van der Waals surface area contributed by atoms with E-state index in [-0.39, 0.29) is 30.8 Å². The quantitative estimate of drug-likeness (QED) is 0.521. The molecule has 7 heteroatoms. The van der Waals surface area contributed by atoms with E-state index < -0.39 is 18.1 Å². The van der Waals surface area contributed by atoms with Crippen molar-refractivity contribution in [1.82, 2.24) is 4.90 Å². The van der Waals surface area contributed by atoms with E-state index in [2.05, 4.69) is 12.1 Å². The molecule has 0 saturated carbocycles. The monoisotopic (exact) mass is 485 g/mol. The molecule has 7 rings (SSSR count). The van der Waals surface area contributed by atoms with Crippen molar-refractivity contribution in [3.05, 3.63) is 96.1 Å². The normalized spacial score (nSPS) is 27.3. The van der Waals surface area contributed by atoms with E-state index in [1.165, 1.54) is 0 Å². The minimum Gasteiger partial charge on any atom is -0.444 e. The maximum Gasteiger partial charge on any atom is 0.417 e. The standard InChI is InChI=1S/C29H27NO6/c31-26-15-25(24-13-11-23(12-14-24)22-9-5-2-6-10-22)27(29-34-17-21(18-35-29)19-36-29)30(26)28(32)33-16-20-7-3-1-4-8-20/h1-14,21,25,27H,15-19H2/t21?,25-,27-,29?/m0/s1. The molecule has 4 fully saturated rings. The molecule has 36 heavy (non-hydrogen) atoms. The van der Waals surface area contributed by atoms with Crippen molar-refractivity contribution >= 4 is 12.0 Å². The smallest absolute Gasteiger partial charge is 0.417 e. The van der Waals surface area contributed by atoms with Gasteiger partial charge in [0.1, 0.15) is 12.6 Å². The van der Waals surface area contributed by atoms with Gasteiger partial charge < -0.3 is 18.9 Å². The van der Waals surface area contributed by atoms with Crippen molar-refractivity contribution < 1.29 is 28.5 Å². The van der Waals surface area contributed by atoms with Gasteiger partial charge in [0.15, 0.2) is 0 Å². The molecular weight excluding hydrogens is 458 g/mol. The Kier molecular flexibility index (Phi) is 6.05. The lowest BCUT2D eigenvalue weighted by molar-refractivity contribution is -0.462. The van der Waals surface area contributed by atoms with Gasteiger partial charge in [-0.3, -0.25) is 4.79 Å². The SMILES string of the molecule is O=C1C[C@@H](c2ccc(-c3ccccc3)cc2)[C@@H](C23OCC(CO2)CO3)N1C(=O)OCc1ccccc1. The van der Waals surface area contributed by atoms with Crippen LogP contribution in [-0.2, 0) is 30.3 Å². The predicted octanol–water partition coefficient (Wildman–Crippen LogP) is 4.72. The van der Waals surface area contributed by atoms with Gasteiger partial charge in [-0.05, 0) is 22.3 Å². The minimum atomic E-state index is -1.50. The molecule has 2 bridgehead atoms. The van der Waals surface area contributed by atoms with Gasteiger partial charge in [-0.1, -0.05) is 84.9 Å². The number of hydrogen-bond donors (Lipinski definition) is 0. The summed E-state index contributed by atoms with van der Waals surface area (Å²) >= 11 is 0. The minimum absolute atomic E-state index is 0.0598. The lowest BCUT2D eigenvalue weighted by atomic mass is 9.88. The van der Waals surface area contributed by atoms with Gasteiger partial charge in [0.05, 0.1) is 19.8 Å². The molecule has 4 heterocycles. The number of fused-ring (bicyclic) bond motifs is 3. The number of carbonyl (C=O) groups excluding carboxylic acids is 2. The Hall–Kier alpha value is -3.52. The fraction of sp³-hybridized carbons (Fsp3) is 0.310. The molecule has 4 aliphatic heterocycles. The molecule has 0 radical (unpaired) electrons. The molecule has 4 saturated heterocycles. The Morgan fingerprint density at radius 1 is 0.833 bits per heavy atom. The number of imide groups is 1. The third-order valence-electron chi connectivity index (χ3n) is 7.09. The number of rotatable bonds is 5. The van der Waals surface area contributed by atoms with Gasteiger partial charge in [-0.2, -0.15) is 0 Å². The Bertz CT molecular complexity index is 1210. The second-order valence-corrected chi connectivity index (χ2v) is 9.45. The molecule has 0 N–H and O–H groups in total. The average Bonchev–Trinajstić information content (AvgIpc) is 3.32. The maximum absolute atomic E-state index is 13.3. The second kappa shape index (κ2) is 9.50. The number of benzene rings is 3. The molecule has 184 valence electrons. The molecule has 0 spiro atoms. The summed E-state index contributed by atoms with van der Waals surface area (Å²) in [6.45, 7) is 1.43. The lowest BCUT2D eigenvalue weighted by Crippen LogP contribution is -2.65. The fourth-order valence-corrected chi connectivity index (χ4v) is 5.22. The first-order valence-electron chi connectivity index (χ1n) is 12.2. The van der Waals surface area contributed by atoms with Gasteiger partial charge in [-0.15, -0.1) is 0 Å². The Labute approximate surface area is 209 Å². The van der Waals surface area contributed by atoms with Crippen LogP contribution in [0.2, 0.25) is 0 Å². The summed E-state index contributed by atoms with van der Waals surface area (Å²) in [6.07, 6.45) is -0.605. The number of carbonyl (C=O) groups is 2. The summed E-state index contributed by atoms with van der Waals surface area (Å²) in [5, 5.41) is 0. The average molecular weight is 486 g/mol. The molecule has 3 aromatic rings. The van der Waals surface area contributed by atoms with E-state index in [4.69, 9.17) is 18.9 Å². The van der Waals surface area contributed by atoms with Crippen LogP contribution in [0.3, 0.4) is 0 Å². The highest BCUT2D eigenvalue weighted by Crippen LogP contribution is 2.46. The summed E-state index contributed by atoms with van der Waals surface area (Å²) in [5.41, 5.74) is 3.92. The number of amides is 2. The van der Waals surface area contributed by atoms with Crippen LogP contribution < -0.4 is 0 Å². The third kappa shape index (κ3) is 4.19. The first kappa shape index (κ1) is 22.9. The molecule has 3 aromatic carbocycles.